The van der Waals surface area contributed by atoms with E-state index in [-0.39, 0.29) is 6.54 Å². The van der Waals surface area contributed by atoms with Gasteiger partial charge in [0.05, 0.1) is 17.8 Å². The molecule has 2 aromatic carbocycles. The molecule has 0 fully saturated rings. The van der Waals surface area contributed by atoms with E-state index in [1.54, 1.807) is 31.2 Å². The van der Waals surface area contributed by atoms with Gasteiger partial charge in [-0.3, -0.25) is 14.2 Å². The van der Waals surface area contributed by atoms with Crippen molar-refractivity contribution in [2.75, 3.05) is 13.6 Å². The van der Waals surface area contributed by atoms with Gasteiger partial charge in [-0.25, -0.2) is 4.79 Å². The molecule has 0 bridgehead atoms. The Morgan fingerprint density at radius 3 is 2.16 bits per heavy atom. The van der Waals surface area contributed by atoms with Crippen molar-refractivity contribution < 1.29 is 18.0 Å². The molecular formula is C22H21F3N4O3. The number of carbonyl (C=O) groups excluding carboxylic acids is 1. The summed E-state index contributed by atoms with van der Waals surface area (Å²) in [5.41, 5.74) is -1.46. The van der Waals surface area contributed by atoms with Crippen molar-refractivity contribution in [1.82, 2.24) is 19.2 Å². The standard InChI is InChI=1S/C22H21F3N4O3/c1-4-27(3)19(30)18-20(31)28(13-15-7-9-16(10-8-15)22(23,24)25)21(32)29(26-18)17-11-5-14(2)6-12-17/h5-12H,4,13H2,1-3H3. The molecule has 0 unspecified atom stereocenters. The van der Waals surface area contributed by atoms with Crippen molar-refractivity contribution in [3.05, 3.63) is 91.8 Å². The van der Waals surface area contributed by atoms with Crippen LogP contribution in [-0.2, 0) is 12.7 Å². The molecule has 0 saturated carbocycles. The number of rotatable bonds is 5. The van der Waals surface area contributed by atoms with Gasteiger partial charge in [-0.05, 0) is 43.7 Å². The first-order chi connectivity index (χ1) is 15.0. The molecular weight excluding hydrogens is 425 g/mol. The molecule has 0 aliphatic rings. The highest BCUT2D eigenvalue weighted by atomic mass is 19.4. The fourth-order valence-electron chi connectivity index (χ4n) is 2.95. The largest absolute Gasteiger partial charge is 0.416 e. The highest BCUT2D eigenvalue weighted by molar-refractivity contribution is 5.91. The molecule has 32 heavy (non-hydrogen) atoms. The van der Waals surface area contributed by atoms with Crippen molar-refractivity contribution in [1.29, 1.82) is 0 Å². The normalized spacial score (nSPS) is 11.4. The first-order valence-electron chi connectivity index (χ1n) is 9.75. The minimum Gasteiger partial charge on any atom is -0.340 e. The zero-order valence-corrected chi connectivity index (χ0v) is 17.7. The lowest BCUT2D eigenvalue weighted by atomic mass is 10.1. The summed E-state index contributed by atoms with van der Waals surface area (Å²) >= 11 is 0. The summed E-state index contributed by atoms with van der Waals surface area (Å²) in [5, 5.41) is 4.02. The highest BCUT2D eigenvalue weighted by Gasteiger charge is 2.30. The minimum absolute atomic E-state index is 0.293. The van der Waals surface area contributed by atoms with Gasteiger partial charge < -0.3 is 4.90 Å². The monoisotopic (exact) mass is 446 g/mol. The first kappa shape index (κ1) is 23.0. The number of benzene rings is 2. The second-order valence-corrected chi connectivity index (χ2v) is 7.28. The third-order valence-corrected chi connectivity index (χ3v) is 4.98. The maximum Gasteiger partial charge on any atom is 0.416 e. The van der Waals surface area contributed by atoms with Crippen molar-refractivity contribution in [2.45, 2.75) is 26.6 Å². The molecule has 3 rings (SSSR count). The van der Waals surface area contributed by atoms with Gasteiger partial charge in [-0.15, -0.1) is 0 Å². The first-order valence-corrected chi connectivity index (χ1v) is 9.75. The van der Waals surface area contributed by atoms with Crippen LogP contribution in [0.3, 0.4) is 0 Å². The fraction of sp³-hybridized carbons (Fsp3) is 0.273. The van der Waals surface area contributed by atoms with Crippen LogP contribution in [0.4, 0.5) is 13.2 Å². The quantitative estimate of drug-likeness (QED) is 0.604. The van der Waals surface area contributed by atoms with Gasteiger partial charge in [0.25, 0.3) is 11.5 Å². The Hall–Kier alpha value is -3.69. The smallest absolute Gasteiger partial charge is 0.340 e. The Bertz CT molecular complexity index is 1240. The van der Waals surface area contributed by atoms with Crippen LogP contribution < -0.4 is 11.2 Å². The lowest BCUT2D eigenvalue weighted by Gasteiger charge is -2.16. The van der Waals surface area contributed by atoms with E-state index in [0.29, 0.717) is 17.8 Å². The van der Waals surface area contributed by atoms with Crippen LogP contribution in [-0.4, -0.2) is 38.7 Å². The summed E-state index contributed by atoms with van der Waals surface area (Å²) in [6.45, 7) is 3.56. The summed E-state index contributed by atoms with van der Waals surface area (Å²) in [4.78, 5) is 40.0. The molecule has 0 saturated heterocycles. The van der Waals surface area contributed by atoms with Gasteiger partial charge in [-0.2, -0.15) is 23.0 Å². The highest BCUT2D eigenvalue weighted by Crippen LogP contribution is 2.29. The maximum atomic E-state index is 13.1. The van der Waals surface area contributed by atoms with Crippen LogP contribution in [0.2, 0.25) is 0 Å². The third kappa shape index (κ3) is 4.63. The number of nitrogens with zero attached hydrogens (tertiary/aromatic N) is 4. The molecule has 0 atom stereocenters. The van der Waals surface area contributed by atoms with Gasteiger partial charge in [-0.1, -0.05) is 29.8 Å². The summed E-state index contributed by atoms with van der Waals surface area (Å²) < 4.78 is 40.3. The van der Waals surface area contributed by atoms with Crippen LogP contribution in [0.15, 0.2) is 58.1 Å². The number of hydrogen-bond donors (Lipinski definition) is 0. The zero-order valence-electron chi connectivity index (χ0n) is 17.7. The number of hydrogen-bond acceptors (Lipinski definition) is 4. The molecule has 168 valence electrons. The van der Waals surface area contributed by atoms with E-state index in [4.69, 9.17) is 0 Å². The van der Waals surface area contributed by atoms with E-state index in [9.17, 15) is 27.6 Å². The molecule has 1 amide bonds. The number of aryl methyl sites for hydroxylation is 1. The predicted octanol–water partition coefficient (Wildman–Crippen LogP) is 2.86. The topological polar surface area (TPSA) is 77.2 Å². The number of halogens is 3. The van der Waals surface area contributed by atoms with Gasteiger partial charge >= 0.3 is 11.9 Å². The van der Waals surface area contributed by atoms with Gasteiger partial charge in [0.2, 0.25) is 5.69 Å². The molecule has 0 spiro atoms. The van der Waals surface area contributed by atoms with Crippen LogP contribution >= 0.6 is 0 Å². The van der Waals surface area contributed by atoms with Crippen LogP contribution in [0.25, 0.3) is 5.69 Å². The number of alkyl halides is 3. The summed E-state index contributed by atoms with van der Waals surface area (Å²) in [6, 6.07) is 10.8. The second-order valence-electron chi connectivity index (χ2n) is 7.28. The Labute approximate surface area is 181 Å². The number of carbonyl (C=O) groups is 1. The van der Waals surface area contributed by atoms with Crippen LogP contribution in [0.1, 0.15) is 34.1 Å². The van der Waals surface area contributed by atoms with E-state index < -0.39 is 34.6 Å². The molecule has 7 nitrogen and oxygen atoms in total. The SMILES string of the molecule is CCN(C)C(=O)c1nn(-c2ccc(C)cc2)c(=O)n(Cc2ccc(C(F)(F)F)cc2)c1=O. The molecule has 0 N–H and O–H groups in total. The van der Waals surface area contributed by atoms with E-state index in [1.165, 1.54) is 24.1 Å². The Morgan fingerprint density at radius 2 is 1.62 bits per heavy atom. The minimum atomic E-state index is -4.51. The molecule has 1 aromatic heterocycles. The Morgan fingerprint density at radius 1 is 1.03 bits per heavy atom. The molecule has 3 aromatic rings. The van der Waals surface area contributed by atoms with E-state index in [0.717, 1.165) is 26.9 Å². The van der Waals surface area contributed by atoms with Crippen LogP contribution in [0.5, 0.6) is 0 Å². The molecule has 0 radical (unpaired) electrons. The van der Waals surface area contributed by atoms with Crippen molar-refractivity contribution in [3.63, 3.8) is 0 Å². The van der Waals surface area contributed by atoms with Crippen LogP contribution in [0, 0.1) is 6.92 Å². The summed E-state index contributed by atoms with van der Waals surface area (Å²) in [5.74, 6) is -0.667. The number of amides is 1. The fourth-order valence-corrected chi connectivity index (χ4v) is 2.95. The molecule has 0 aliphatic carbocycles. The van der Waals surface area contributed by atoms with Gasteiger partial charge in [0.1, 0.15) is 0 Å². The van der Waals surface area contributed by atoms with Crippen molar-refractivity contribution in [3.8, 4) is 5.69 Å². The third-order valence-electron chi connectivity index (χ3n) is 4.98. The maximum absolute atomic E-state index is 13.1. The average Bonchev–Trinajstić information content (AvgIpc) is 2.76. The molecule has 0 aliphatic heterocycles. The summed E-state index contributed by atoms with van der Waals surface area (Å²) in [6.07, 6.45) is -4.51. The lowest BCUT2D eigenvalue weighted by molar-refractivity contribution is -0.137. The Kier molecular flexibility index (Phi) is 6.33. The van der Waals surface area contributed by atoms with Gasteiger partial charge in [0.15, 0.2) is 0 Å². The Balaban J connectivity index is 2.16. The van der Waals surface area contributed by atoms with E-state index in [2.05, 4.69) is 5.10 Å². The van der Waals surface area contributed by atoms with Crippen molar-refractivity contribution in [2.24, 2.45) is 0 Å². The van der Waals surface area contributed by atoms with E-state index in [1.807, 2.05) is 6.92 Å². The predicted molar refractivity (Wildman–Crippen MR) is 112 cm³/mol. The second kappa shape index (κ2) is 8.81. The number of aromatic nitrogens is 3. The average molecular weight is 446 g/mol. The lowest BCUT2D eigenvalue weighted by Crippen LogP contribution is -2.46. The summed E-state index contributed by atoms with van der Waals surface area (Å²) in [7, 11) is 1.49. The van der Waals surface area contributed by atoms with Crippen molar-refractivity contribution >= 4 is 5.91 Å². The molecule has 10 heteroatoms. The van der Waals surface area contributed by atoms with E-state index >= 15 is 0 Å². The van der Waals surface area contributed by atoms with Gasteiger partial charge in [0, 0.05) is 13.6 Å². The molecule has 1 heterocycles. The zero-order chi connectivity index (χ0) is 23.6.